The van der Waals surface area contributed by atoms with Crippen molar-refractivity contribution in [2.24, 2.45) is 0 Å². The lowest BCUT2D eigenvalue weighted by Crippen LogP contribution is -2.26. The zero-order valence-electron chi connectivity index (χ0n) is 14.8. The van der Waals surface area contributed by atoms with Crippen LogP contribution in [0.5, 0.6) is 0 Å². The number of benzene rings is 2. The highest BCUT2D eigenvalue weighted by Crippen LogP contribution is 2.29. The van der Waals surface area contributed by atoms with E-state index in [0.717, 1.165) is 5.01 Å². The Balaban J connectivity index is 1.55. The lowest BCUT2D eigenvalue weighted by Gasteiger charge is -2.07. The zero-order chi connectivity index (χ0) is 19.3. The summed E-state index contributed by atoms with van der Waals surface area (Å²) in [5.74, 6) is -0.0350. The van der Waals surface area contributed by atoms with Gasteiger partial charge in [-0.3, -0.25) is 4.79 Å². The predicted molar refractivity (Wildman–Crippen MR) is 105 cm³/mol. The van der Waals surface area contributed by atoms with Gasteiger partial charge in [-0.15, -0.1) is 11.3 Å². The van der Waals surface area contributed by atoms with Gasteiger partial charge in [0.05, 0.1) is 22.3 Å². The van der Waals surface area contributed by atoms with Crippen LogP contribution in [0.3, 0.4) is 0 Å². The van der Waals surface area contributed by atoms with Gasteiger partial charge in [-0.05, 0) is 24.3 Å². The van der Waals surface area contributed by atoms with Crippen molar-refractivity contribution in [1.82, 2.24) is 15.3 Å². The summed E-state index contributed by atoms with van der Waals surface area (Å²) in [6.07, 6.45) is 3.87. The van der Waals surface area contributed by atoms with Crippen molar-refractivity contribution in [2.45, 2.75) is 6.42 Å². The normalized spacial score (nSPS) is 10.8. The fraction of sp³-hybridized carbons (Fsp3) is 0.0952. The average molecular weight is 393 g/mol. The van der Waals surface area contributed by atoms with E-state index in [4.69, 9.17) is 4.42 Å². The molecule has 2 aromatic carbocycles. The molecule has 4 rings (SSSR count). The first-order valence-corrected chi connectivity index (χ1v) is 9.57. The molecule has 0 spiro atoms. The summed E-state index contributed by atoms with van der Waals surface area (Å²) in [6, 6.07) is 13.4. The smallest absolute Gasteiger partial charge is 0.252 e. The van der Waals surface area contributed by atoms with Crippen LogP contribution >= 0.6 is 11.3 Å². The first-order chi connectivity index (χ1) is 13.7. The summed E-state index contributed by atoms with van der Waals surface area (Å²) in [5, 5.41) is 5.77. The molecule has 0 atom stereocenters. The van der Waals surface area contributed by atoms with Crippen molar-refractivity contribution in [3.05, 3.63) is 82.7 Å². The number of nitrogens with zero attached hydrogens (tertiary/aromatic N) is 2. The molecule has 0 bridgehead atoms. The Kier molecular flexibility index (Phi) is 5.25. The minimum atomic E-state index is -0.390. The highest BCUT2D eigenvalue weighted by Gasteiger charge is 2.17. The first kappa shape index (κ1) is 18.1. The van der Waals surface area contributed by atoms with E-state index in [1.54, 1.807) is 60.0 Å². The number of nitrogens with one attached hydrogen (secondary N) is 1. The summed E-state index contributed by atoms with van der Waals surface area (Å²) >= 11 is 1.55. The molecule has 2 aromatic heterocycles. The third kappa shape index (κ3) is 3.84. The molecule has 0 radical (unpaired) electrons. The Hall–Kier alpha value is -3.32. The monoisotopic (exact) mass is 393 g/mol. The van der Waals surface area contributed by atoms with Crippen LogP contribution < -0.4 is 5.32 Å². The standard InChI is InChI=1S/C21H16FN3O2S/c22-17-8-4-3-7-16(17)18-13-25-21(27-18)15-6-2-1-5-14(15)20(26)24-10-9-19-23-11-12-28-19/h1-8,11-13H,9-10H2,(H,24,26). The number of carbonyl (C=O) groups excluding carboxylic acids is 1. The van der Waals surface area contributed by atoms with Gasteiger partial charge in [-0.1, -0.05) is 24.3 Å². The van der Waals surface area contributed by atoms with E-state index in [9.17, 15) is 9.18 Å². The molecule has 5 nitrogen and oxygen atoms in total. The molecule has 0 fully saturated rings. The fourth-order valence-electron chi connectivity index (χ4n) is 2.81. The molecule has 2 heterocycles. The second-order valence-corrected chi connectivity index (χ2v) is 6.97. The summed E-state index contributed by atoms with van der Waals surface area (Å²) in [6.45, 7) is 0.479. The molecule has 0 saturated carbocycles. The molecule has 0 aliphatic heterocycles. The van der Waals surface area contributed by atoms with Crippen LogP contribution in [0.4, 0.5) is 4.39 Å². The highest BCUT2D eigenvalue weighted by molar-refractivity contribution is 7.09. The van der Waals surface area contributed by atoms with Gasteiger partial charge in [0, 0.05) is 30.1 Å². The van der Waals surface area contributed by atoms with Gasteiger partial charge in [0.25, 0.3) is 5.91 Å². The summed E-state index contributed by atoms with van der Waals surface area (Å²) < 4.78 is 19.7. The molecule has 1 amide bonds. The average Bonchev–Trinajstić information content (AvgIpc) is 3.40. The van der Waals surface area contributed by atoms with Crippen LogP contribution in [0, 0.1) is 5.82 Å². The molecule has 4 aromatic rings. The van der Waals surface area contributed by atoms with Crippen LogP contribution in [0.1, 0.15) is 15.4 Å². The number of carbonyl (C=O) groups is 1. The molecule has 1 N–H and O–H groups in total. The highest BCUT2D eigenvalue weighted by atomic mass is 32.1. The molecule has 0 aliphatic carbocycles. The van der Waals surface area contributed by atoms with Gasteiger partial charge < -0.3 is 9.73 Å². The Morgan fingerprint density at radius 1 is 1.07 bits per heavy atom. The Bertz CT molecular complexity index is 1090. The van der Waals surface area contributed by atoms with E-state index in [1.165, 1.54) is 12.3 Å². The van der Waals surface area contributed by atoms with Gasteiger partial charge in [-0.2, -0.15) is 0 Å². The number of rotatable bonds is 6. The molecule has 0 unspecified atom stereocenters. The van der Waals surface area contributed by atoms with Crippen molar-refractivity contribution in [2.75, 3.05) is 6.54 Å². The van der Waals surface area contributed by atoms with Gasteiger partial charge >= 0.3 is 0 Å². The molecular weight excluding hydrogens is 377 g/mol. The molecular formula is C21H16FN3O2S. The maximum Gasteiger partial charge on any atom is 0.252 e. The van der Waals surface area contributed by atoms with Crippen LogP contribution in [0.2, 0.25) is 0 Å². The van der Waals surface area contributed by atoms with Crippen molar-refractivity contribution >= 4 is 17.2 Å². The lowest BCUT2D eigenvalue weighted by molar-refractivity contribution is 0.0954. The third-order valence-electron chi connectivity index (χ3n) is 4.15. The minimum Gasteiger partial charge on any atom is -0.436 e. The molecule has 0 saturated heterocycles. The topological polar surface area (TPSA) is 68.0 Å². The van der Waals surface area contributed by atoms with Gasteiger partial charge in [0.2, 0.25) is 5.89 Å². The Labute approximate surface area is 164 Å². The number of hydrogen-bond acceptors (Lipinski definition) is 5. The van der Waals surface area contributed by atoms with E-state index in [2.05, 4.69) is 15.3 Å². The fourth-order valence-corrected chi connectivity index (χ4v) is 3.43. The van der Waals surface area contributed by atoms with E-state index in [1.807, 2.05) is 5.38 Å². The summed E-state index contributed by atoms with van der Waals surface area (Å²) in [5.41, 5.74) is 1.33. The zero-order valence-corrected chi connectivity index (χ0v) is 15.6. The maximum atomic E-state index is 14.0. The van der Waals surface area contributed by atoms with E-state index >= 15 is 0 Å². The summed E-state index contributed by atoms with van der Waals surface area (Å²) in [7, 11) is 0. The SMILES string of the molecule is O=C(NCCc1nccs1)c1ccccc1-c1ncc(-c2ccccc2F)o1. The van der Waals surface area contributed by atoms with Crippen molar-refractivity contribution in [1.29, 1.82) is 0 Å². The predicted octanol–water partition coefficient (Wildman–Crippen LogP) is 4.58. The molecule has 0 aliphatic rings. The molecule has 7 heteroatoms. The molecule has 140 valence electrons. The van der Waals surface area contributed by atoms with E-state index in [-0.39, 0.29) is 11.8 Å². The van der Waals surface area contributed by atoms with Gasteiger partial charge in [0.1, 0.15) is 5.82 Å². The number of hydrogen-bond donors (Lipinski definition) is 1. The second kappa shape index (κ2) is 8.14. The van der Waals surface area contributed by atoms with Crippen LogP contribution in [0.25, 0.3) is 22.8 Å². The van der Waals surface area contributed by atoms with Crippen molar-refractivity contribution in [3.63, 3.8) is 0 Å². The van der Waals surface area contributed by atoms with Crippen molar-refractivity contribution in [3.8, 4) is 22.8 Å². The van der Waals surface area contributed by atoms with E-state index < -0.39 is 5.82 Å². The molecule has 28 heavy (non-hydrogen) atoms. The Morgan fingerprint density at radius 2 is 1.86 bits per heavy atom. The van der Waals surface area contributed by atoms with Crippen LogP contribution in [0.15, 0.2) is 70.7 Å². The number of halogens is 1. The quantitative estimate of drug-likeness (QED) is 0.521. The number of thiazole rings is 1. The largest absolute Gasteiger partial charge is 0.436 e. The van der Waals surface area contributed by atoms with Gasteiger partial charge in [0.15, 0.2) is 5.76 Å². The maximum absolute atomic E-state index is 14.0. The summed E-state index contributed by atoms with van der Waals surface area (Å²) in [4.78, 5) is 21.1. The third-order valence-corrected chi connectivity index (χ3v) is 4.99. The number of aromatic nitrogens is 2. The first-order valence-electron chi connectivity index (χ1n) is 8.69. The second-order valence-electron chi connectivity index (χ2n) is 5.99. The van der Waals surface area contributed by atoms with Crippen LogP contribution in [-0.4, -0.2) is 22.4 Å². The van der Waals surface area contributed by atoms with E-state index in [0.29, 0.717) is 35.4 Å². The lowest BCUT2D eigenvalue weighted by atomic mass is 10.1. The number of amides is 1. The minimum absolute atomic E-state index is 0.224. The Morgan fingerprint density at radius 3 is 2.64 bits per heavy atom. The van der Waals surface area contributed by atoms with Crippen LogP contribution in [-0.2, 0) is 6.42 Å². The van der Waals surface area contributed by atoms with Crippen molar-refractivity contribution < 1.29 is 13.6 Å². The number of oxazole rings is 1. The van der Waals surface area contributed by atoms with Gasteiger partial charge in [-0.25, -0.2) is 14.4 Å².